The fourth-order valence-corrected chi connectivity index (χ4v) is 1.90. The summed E-state index contributed by atoms with van der Waals surface area (Å²) < 4.78 is 23.2. The summed E-state index contributed by atoms with van der Waals surface area (Å²) in [6.45, 7) is 0.0607. The molecule has 0 amide bonds. The maximum atomic E-state index is 10.6. The lowest BCUT2D eigenvalue weighted by atomic mass is 10.1. The molecule has 0 radical (unpaired) electrons. The highest BCUT2D eigenvalue weighted by Gasteiger charge is 2.11. The minimum Gasteiger partial charge on any atom is -0.388 e. The van der Waals surface area contributed by atoms with E-state index >= 15 is 0 Å². The second-order valence-corrected chi connectivity index (χ2v) is 5.05. The quantitative estimate of drug-likeness (QED) is 0.725. The number of nitrogens with two attached hydrogens (primary N) is 1. The third-order valence-electron chi connectivity index (χ3n) is 1.99. The lowest BCUT2D eigenvalue weighted by molar-refractivity contribution is 0.169. The molecule has 1 aromatic rings. The molecule has 5 nitrogen and oxygen atoms in total. The predicted octanol–water partition coefficient (Wildman–Crippen LogP) is 0.557. The fourth-order valence-electron chi connectivity index (χ4n) is 1.24. The van der Waals surface area contributed by atoms with Crippen LogP contribution in [0.3, 0.4) is 0 Å². The maximum Gasteiger partial charge on any atom is 0.274 e. The molecule has 0 aliphatic rings. The molecule has 7 heteroatoms. The van der Waals surface area contributed by atoms with E-state index in [2.05, 4.69) is 4.72 Å². The second kappa shape index (κ2) is 5.60. The van der Waals surface area contributed by atoms with E-state index in [0.29, 0.717) is 10.6 Å². The number of benzene rings is 1. The largest absolute Gasteiger partial charge is 0.388 e. The van der Waals surface area contributed by atoms with Crippen molar-refractivity contribution in [2.24, 2.45) is 5.14 Å². The van der Waals surface area contributed by atoms with E-state index in [0.717, 1.165) is 0 Å². The smallest absolute Gasteiger partial charge is 0.274 e. The number of hydrogen-bond acceptors (Lipinski definition) is 3. The van der Waals surface area contributed by atoms with E-state index in [9.17, 15) is 13.5 Å². The molecule has 1 atom stereocenters. The van der Waals surface area contributed by atoms with Crippen LogP contribution in [0.5, 0.6) is 0 Å². The van der Waals surface area contributed by atoms with Crippen molar-refractivity contribution >= 4 is 21.8 Å². The molecule has 0 saturated heterocycles. The van der Waals surface area contributed by atoms with Crippen LogP contribution in [0.1, 0.15) is 18.1 Å². The number of aliphatic hydroxyl groups excluding tert-OH is 1. The van der Waals surface area contributed by atoms with Crippen LogP contribution in [0.4, 0.5) is 0 Å². The van der Waals surface area contributed by atoms with E-state index < -0.39 is 16.3 Å². The van der Waals surface area contributed by atoms with E-state index in [1.807, 2.05) is 0 Å². The molecule has 4 N–H and O–H groups in total. The monoisotopic (exact) mass is 264 g/mol. The molecule has 1 unspecified atom stereocenters. The average Bonchev–Trinajstić information content (AvgIpc) is 2.16. The summed E-state index contributed by atoms with van der Waals surface area (Å²) in [6, 6.07) is 6.84. The van der Waals surface area contributed by atoms with Gasteiger partial charge in [0.25, 0.3) is 10.2 Å². The van der Waals surface area contributed by atoms with Crippen LogP contribution < -0.4 is 9.86 Å². The van der Waals surface area contributed by atoms with Crippen molar-refractivity contribution in [1.29, 1.82) is 0 Å². The molecule has 1 aromatic carbocycles. The molecular weight excluding hydrogens is 252 g/mol. The van der Waals surface area contributed by atoms with Gasteiger partial charge < -0.3 is 5.11 Å². The molecule has 0 aromatic heterocycles. The molecule has 0 aliphatic carbocycles. The van der Waals surface area contributed by atoms with Crippen LogP contribution in [0.15, 0.2) is 24.3 Å². The van der Waals surface area contributed by atoms with E-state index in [1.165, 1.54) is 0 Å². The summed E-state index contributed by atoms with van der Waals surface area (Å²) in [5.74, 6) is 0. The van der Waals surface area contributed by atoms with Crippen LogP contribution in [-0.4, -0.2) is 20.1 Å². The first-order valence-electron chi connectivity index (χ1n) is 4.60. The Hall–Kier alpha value is -0.660. The first-order chi connectivity index (χ1) is 7.40. The Balaban J connectivity index is 2.54. The molecule has 0 aliphatic heterocycles. The number of rotatable bonds is 5. The van der Waals surface area contributed by atoms with E-state index in [-0.39, 0.29) is 13.0 Å². The number of nitrogens with one attached hydrogen (secondary N) is 1. The minimum atomic E-state index is -3.71. The highest BCUT2D eigenvalue weighted by Crippen LogP contribution is 2.24. The fraction of sp³-hybridized carbons (Fsp3) is 0.333. The lowest BCUT2D eigenvalue weighted by Gasteiger charge is -2.12. The first-order valence-corrected chi connectivity index (χ1v) is 6.52. The summed E-state index contributed by atoms with van der Waals surface area (Å²) in [7, 11) is -3.71. The van der Waals surface area contributed by atoms with Gasteiger partial charge in [0, 0.05) is 11.6 Å². The van der Waals surface area contributed by atoms with Crippen molar-refractivity contribution in [3.63, 3.8) is 0 Å². The topological polar surface area (TPSA) is 92.4 Å². The van der Waals surface area contributed by atoms with Crippen molar-refractivity contribution in [3.05, 3.63) is 34.9 Å². The van der Waals surface area contributed by atoms with Gasteiger partial charge in [0.2, 0.25) is 0 Å². The molecule has 0 saturated carbocycles. The van der Waals surface area contributed by atoms with Crippen LogP contribution in [0.25, 0.3) is 0 Å². The van der Waals surface area contributed by atoms with Crippen LogP contribution in [0.2, 0.25) is 5.02 Å². The number of aliphatic hydroxyl groups is 1. The molecule has 16 heavy (non-hydrogen) atoms. The van der Waals surface area contributed by atoms with Crippen LogP contribution in [-0.2, 0) is 10.2 Å². The molecule has 90 valence electrons. The summed E-state index contributed by atoms with van der Waals surface area (Å²) in [5.41, 5.74) is 0.570. The zero-order chi connectivity index (χ0) is 12.2. The molecule has 0 spiro atoms. The van der Waals surface area contributed by atoms with Gasteiger partial charge in [-0.05, 0) is 18.1 Å². The highest BCUT2D eigenvalue weighted by atomic mass is 35.5. The zero-order valence-corrected chi connectivity index (χ0v) is 10.0. The summed E-state index contributed by atoms with van der Waals surface area (Å²) in [6.07, 6.45) is -0.608. The van der Waals surface area contributed by atoms with Crippen molar-refractivity contribution in [3.8, 4) is 0 Å². The predicted molar refractivity (Wildman–Crippen MR) is 62.1 cm³/mol. The maximum absolute atomic E-state index is 10.6. The van der Waals surface area contributed by atoms with Gasteiger partial charge in [-0.3, -0.25) is 0 Å². The number of halogens is 1. The van der Waals surface area contributed by atoms with Gasteiger partial charge in [-0.2, -0.15) is 8.42 Å². The van der Waals surface area contributed by atoms with Gasteiger partial charge in [0.15, 0.2) is 0 Å². The SMILES string of the molecule is NS(=O)(=O)NCCC(O)c1ccccc1Cl. The van der Waals surface area contributed by atoms with Crippen LogP contribution in [0, 0.1) is 0 Å². The number of hydrogen-bond donors (Lipinski definition) is 3. The Kier molecular flexibility index (Phi) is 4.69. The average molecular weight is 265 g/mol. The third-order valence-corrected chi connectivity index (χ3v) is 2.94. The van der Waals surface area contributed by atoms with Crippen molar-refractivity contribution in [2.45, 2.75) is 12.5 Å². The van der Waals surface area contributed by atoms with E-state index in [4.69, 9.17) is 16.7 Å². The molecular formula is C9H13ClN2O3S. The Labute approximate surface area is 99.4 Å². The molecule has 0 fully saturated rings. The standard InChI is InChI=1S/C9H13ClN2O3S/c10-8-4-2-1-3-7(8)9(13)5-6-12-16(11,14)15/h1-4,9,12-13H,5-6H2,(H2,11,14,15). The van der Waals surface area contributed by atoms with Crippen LogP contribution >= 0.6 is 11.6 Å². The minimum absolute atomic E-state index is 0.0607. The van der Waals surface area contributed by atoms with Gasteiger partial charge in [-0.25, -0.2) is 9.86 Å². The van der Waals surface area contributed by atoms with Crippen molar-refractivity contribution in [1.82, 2.24) is 4.72 Å². The van der Waals surface area contributed by atoms with Gasteiger partial charge in [-0.15, -0.1) is 0 Å². The molecule has 0 bridgehead atoms. The van der Waals surface area contributed by atoms with Gasteiger partial charge in [0.1, 0.15) is 0 Å². The Bertz CT molecular complexity index is 450. The summed E-state index contributed by atoms with van der Waals surface area (Å²) in [5, 5.41) is 14.9. The summed E-state index contributed by atoms with van der Waals surface area (Å²) in [4.78, 5) is 0. The van der Waals surface area contributed by atoms with Gasteiger partial charge in [-0.1, -0.05) is 29.8 Å². The van der Waals surface area contributed by atoms with Gasteiger partial charge >= 0.3 is 0 Å². The van der Waals surface area contributed by atoms with E-state index in [1.54, 1.807) is 24.3 Å². The Morgan fingerprint density at radius 3 is 2.62 bits per heavy atom. The van der Waals surface area contributed by atoms with Gasteiger partial charge in [0.05, 0.1) is 6.10 Å². The highest BCUT2D eigenvalue weighted by molar-refractivity contribution is 7.87. The Morgan fingerprint density at radius 2 is 2.06 bits per heavy atom. The normalized spacial score (nSPS) is 13.7. The third kappa shape index (κ3) is 4.46. The molecule has 1 rings (SSSR count). The zero-order valence-electron chi connectivity index (χ0n) is 8.43. The first kappa shape index (κ1) is 13.4. The second-order valence-electron chi connectivity index (χ2n) is 3.27. The lowest BCUT2D eigenvalue weighted by Crippen LogP contribution is -2.32. The Morgan fingerprint density at radius 1 is 1.44 bits per heavy atom. The summed E-state index contributed by atoms with van der Waals surface area (Å²) >= 11 is 5.86. The van der Waals surface area contributed by atoms with Crippen molar-refractivity contribution in [2.75, 3.05) is 6.54 Å². The molecule has 0 heterocycles. The van der Waals surface area contributed by atoms with Crippen molar-refractivity contribution < 1.29 is 13.5 Å².